The number of aromatic nitrogens is 1. The van der Waals surface area contributed by atoms with Gasteiger partial charge in [0.2, 0.25) is 0 Å². The van der Waals surface area contributed by atoms with E-state index >= 15 is 0 Å². The van der Waals surface area contributed by atoms with Crippen molar-refractivity contribution in [3.8, 4) is 0 Å². The summed E-state index contributed by atoms with van der Waals surface area (Å²) in [6.45, 7) is 1.02. The Morgan fingerprint density at radius 2 is 2.19 bits per heavy atom. The first-order valence-corrected chi connectivity index (χ1v) is 5.84. The lowest BCUT2D eigenvalue weighted by molar-refractivity contribution is 0.139. The minimum absolute atomic E-state index is 0.208. The molecule has 1 saturated heterocycles. The molecule has 1 aliphatic rings. The molecule has 2 atom stereocenters. The zero-order valence-electron chi connectivity index (χ0n) is 9.11. The number of para-hydroxylation sites is 1. The van der Waals surface area contributed by atoms with Gasteiger partial charge in [-0.2, -0.15) is 0 Å². The second-order valence-corrected chi connectivity index (χ2v) is 4.44. The molecule has 0 aliphatic carbocycles. The monoisotopic (exact) mass is 216 g/mol. The maximum atomic E-state index is 10.3. The van der Waals surface area contributed by atoms with Crippen LogP contribution in [0.15, 0.2) is 30.5 Å². The van der Waals surface area contributed by atoms with Gasteiger partial charge < -0.3 is 15.4 Å². The second kappa shape index (κ2) is 3.92. The average molecular weight is 216 g/mol. The van der Waals surface area contributed by atoms with Crippen molar-refractivity contribution in [2.45, 2.75) is 25.0 Å². The highest BCUT2D eigenvalue weighted by molar-refractivity contribution is 5.83. The summed E-state index contributed by atoms with van der Waals surface area (Å²) < 4.78 is 0. The van der Waals surface area contributed by atoms with Crippen LogP contribution in [-0.2, 0) is 0 Å². The van der Waals surface area contributed by atoms with E-state index in [2.05, 4.69) is 16.4 Å². The van der Waals surface area contributed by atoms with E-state index in [0.29, 0.717) is 0 Å². The minimum atomic E-state index is -0.404. The molecule has 1 aromatic heterocycles. The normalized spacial score (nSPS) is 22.7. The highest BCUT2D eigenvalue weighted by Gasteiger charge is 2.25. The summed E-state index contributed by atoms with van der Waals surface area (Å²) >= 11 is 0. The highest BCUT2D eigenvalue weighted by Crippen LogP contribution is 2.28. The molecule has 0 amide bonds. The van der Waals surface area contributed by atoms with Gasteiger partial charge in [0, 0.05) is 28.7 Å². The maximum Gasteiger partial charge on any atom is 0.0963 e. The van der Waals surface area contributed by atoms with Gasteiger partial charge in [-0.25, -0.2) is 0 Å². The van der Waals surface area contributed by atoms with Crippen LogP contribution in [0.1, 0.15) is 24.5 Å². The Bertz CT molecular complexity index is 485. The number of aromatic amines is 1. The fourth-order valence-corrected chi connectivity index (χ4v) is 2.54. The van der Waals surface area contributed by atoms with Crippen LogP contribution in [0.2, 0.25) is 0 Å². The molecule has 3 N–H and O–H groups in total. The van der Waals surface area contributed by atoms with Crippen molar-refractivity contribution in [2.75, 3.05) is 6.54 Å². The zero-order valence-corrected chi connectivity index (χ0v) is 9.11. The molecular weight excluding hydrogens is 200 g/mol. The van der Waals surface area contributed by atoms with Gasteiger partial charge in [0.25, 0.3) is 0 Å². The van der Waals surface area contributed by atoms with E-state index in [4.69, 9.17) is 0 Å². The first-order chi connectivity index (χ1) is 7.86. The van der Waals surface area contributed by atoms with Gasteiger partial charge >= 0.3 is 0 Å². The van der Waals surface area contributed by atoms with Crippen molar-refractivity contribution >= 4 is 10.9 Å². The molecule has 2 heterocycles. The van der Waals surface area contributed by atoms with Crippen LogP contribution in [0.3, 0.4) is 0 Å². The SMILES string of the molecule is OC(c1c[nH]c2ccccc12)C1CCCN1. The Morgan fingerprint density at radius 1 is 1.31 bits per heavy atom. The zero-order chi connectivity index (χ0) is 11.0. The van der Waals surface area contributed by atoms with Crippen molar-refractivity contribution in [1.82, 2.24) is 10.3 Å². The smallest absolute Gasteiger partial charge is 0.0963 e. The van der Waals surface area contributed by atoms with Crippen molar-refractivity contribution in [3.05, 3.63) is 36.0 Å². The number of rotatable bonds is 2. The van der Waals surface area contributed by atoms with Crippen LogP contribution < -0.4 is 5.32 Å². The molecule has 2 aromatic rings. The Morgan fingerprint density at radius 3 is 3.00 bits per heavy atom. The van der Waals surface area contributed by atoms with E-state index in [1.54, 1.807) is 0 Å². The summed E-state index contributed by atoms with van der Waals surface area (Å²) in [5.74, 6) is 0. The average Bonchev–Trinajstić information content (AvgIpc) is 2.98. The van der Waals surface area contributed by atoms with Crippen LogP contribution in [0.4, 0.5) is 0 Å². The van der Waals surface area contributed by atoms with Crippen molar-refractivity contribution < 1.29 is 5.11 Å². The van der Waals surface area contributed by atoms with Gasteiger partial charge in [0.15, 0.2) is 0 Å². The Labute approximate surface area is 94.5 Å². The molecule has 1 fully saturated rings. The molecular formula is C13H16N2O. The predicted molar refractivity (Wildman–Crippen MR) is 64.3 cm³/mol. The lowest BCUT2D eigenvalue weighted by Crippen LogP contribution is -2.28. The van der Waals surface area contributed by atoms with Gasteiger partial charge in [-0.15, -0.1) is 0 Å². The van der Waals surface area contributed by atoms with Gasteiger partial charge in [0.05, 0.1) is 6.10 Å². The summed E-state index contributed by atoms with van der Waals surface area (Å²) in [6, 6.07) is 8.31. The fourth-order valence-electron chi connectivity index (χ4n) is 2.54. The molecule has 16 heavy (non-hydrogen) atoms. The quantitative estimate of drug-likeness (QED) is 0.718. The first-order valence-electron chi connectivity index (χ1n) is 5.84. The van der Waals surface area contributed by atoms with E-state index in [-0.39, 0.29) is 6.04 Å². The van der Waals surface area contributed by atoms with Gasteiger partial charge in [-0.3, -0.25) is 0 Å². The summed E-state index contributed by atoms with van der Waals surface area (Å²) in [7, 11) is 0. The lowest BCUT2D eigenvalue weighted by atomic mass is 10.0. The summed E-state index contributed by atoms with van der Waals surface area (Å²) in [5, 5.41) is 14.8. The number of benzene rings is 1. The van der Waals surface area contributed by atoms with E-state index in [1.165, 1.54) is 0 Å². The summed E-state index contributed by atoms with van der Waals surface area (Å²) in [4.78, 5) is 3.20. The number of aliphatic hydroxyl groups is 1. The van der Waals surface area contributed by atoms with Gasteiger partial charge in [-0.05, 0) is 25.5 Å². The molecule has 0 spiro atoms. The fraction of sp³-hybridized carbons (Fsp3) is 0.385. The number of aliphatic hydroxyl groups excluding tert-OH is 1. The van der Waals surface area contributed by atoms with Crippen LogP contribution in [0.5, 0.6) is 0 Å². The molecule has 1 aromatic carbocycles. The number of H-pyrrole nitrogens is 1. The van der Waals surface area contributed by atoms with Gasteiger partial charge in [0.1, 0.15) is 0 Å². The molecule has 0 bridgehead atoms. The van der Waals surface area contributed by atoms with E-state index < -0.39 is 6.10 Å². The molecule has 0 radical (unpaired) electrons. The molecule has 1 aliphatic heterocycles. The Balaban J connectivity index is 1.98. The maximum absolute atomic E-state index is 10.3. The minimum Gasteiger partial charge on any atom is -0.387 e. The number of fused-ring (bicyclic) bond motifs is 1. The van der Waals surface area contributed by atoms with Crippen LogP contribution >= 0.6 is 0 Å². The Hall–Kier alpha value is -1.32. The first kappa shape index (κ1) is 9.87. The topological polar surface area (TPSA) is 48.0 Å². The molecule has 84 valence electrons. The second-order valence-electron chi connectivity index (χ2n) is 4.44. The van der Waals surface area contributed by atoms with E-state index in [1.807, 2.05) is 24.4 Å². The summed E-state index contributed by atoms with van der Waals surface area (Å²) in [6.07, 6.45) is 3.73. The van der Waals surface area contributed by atoms with Crippen molar-refractivity contribution in [1.29, 1.82) is 0 Å². The van der Waals surface area contributed by atoms with Crippen LogP contribution in [0, 0.1) is 0 Å². The molecule has 3 rings (SSSR count). The Kier molecular flexibility index (Phi) is 2.42. The van der Waals surface area contributed by atoms with Gasteiger partial charge in [-0.1, -0.05) is 18.2 Å². The molecule has 3 nitrogen and oxygen atoms in total. The number of hydrogen-bond acceptors (Lipinski definition) is 2. The number of hydrogen-bond donors (Lipinski definition) is 3. The van der Waals surface area contributed by atoms with Crippen molar-refractivity contribution in [2.24, 2.45) is 0 Å². The number of nitrogens with one attached hydrogen (secondary N) is 2. The molecule has 2 unspecified atom stereocenters. The highest BCUT2D eigenvalue weighted by atomic mass is 16.3. The van der Waals surface area contributed by atoms with Crippen LogP contribution in [0.25, 0.3) is 10.9 Å². The molecule has 3 heteroatoms. The predicted octanol–water partition coefficient (Wildman–Crippen LogP) is 1.95. The summed E-state index contributed by atoms with van der Waals surface area (Å²) in [5.41, 5.74) is 2.10. The third-order valence-corrected chi connectivity index (χ3v) is 3.42. The third kappa shape index (κ3) is 1.52. The van der Waals surface area contributed by atoms with Crippen LogP contribution in [-0.4, -0.2) is 22.7 Å². The largest absolute Gasteiger partial charge is 0.387 e. The van der Waals surface area contributed by atoms with E-state index in [9.17, 15) is 5.11 Å². The third-order valence-electron chi connectivity index (χ3n) is 3.42. The standard InChI is InChI=1S/C13H16N2O/c16-13(12-6-3-7-14-12)10-8-15-11-5-2-1-4-9(10)11/h1-2,4-5,8,12-16H,3,6-7H2. The lowest BCUT2D eigenvalue weighted by Gasteiger charge is -2.17. The molecule has 0 saturated carbocycles. The van der Waals surface area contributed by atoms with Crippen molar-refractivity contribution in [3.63, 3.8) is 0 Å². The van der Waals surface area contributed by atoms with E-state index in [0.717, 1.165) is 35.9 Å².